The van der Waals surface area contributed by atoms with Crippen LogP contribution in [0, 0.1) is 11.3 Å². The molecule has 3 heterocycles. The zero-order valence-corrected chi connectivity index (χ0v) is 19.9. The summed E-state index contributed by atoms with van der Waals surface area (Å²) in [7, 11) is 1.76. The van der Waals surface area contributed by atoms with Gasteiger partial charge in [-0.15, -0.1) is 0 Å². The van der Waals surface area contributed by atoms with Gasteiger partial charge in [0.25, 0.3) is 0 Å². The van der Waals surface area contributed by atoms with Gasteiger partial charge in [0.1, 0.15) is 0 Å². The molecule has 0 radical (unpaired) electrons. The number of nitrogens with zero attached hydrogens (tertiary/aromatic N) is 2. The van der Waals surface area contributed by atoms with E-state index in [0.717, 1.165) is 55.4 Å². The maximum atomic E-state index is 13.8. The van der Waals surface area contributed by atoms with Gasteiger partial charge in [0.05, 0.1) is 18.1 Å². The fourth-order valence-corrected chi connectivity index (χ4v) is 5.88. The molecule has 6 nitrogen and oxygen atoms in total. The van der Waals surface area contributed by atoms with Crippen molar-refractivity contribution in [1.82, 2.24) is 15.2 Å². The second-order valence-electron chi connectivity index (χ2n) is 9.40. The molecule has 2 fully saturated rings. The highest BCUT2D eigenvalue weighted by molar-refractivity contribution is 9.10. The Labute approximate surface area is 188 Å². The van der Waals surface area contributed by atoms with E-state index >= 15 is 0 Å². The summed E-state index contributed by atoms with van der Waals surface area (Å²) in [6.45, 7) is 7.27. The standard InChI is InChI=1S/C23H34BrN3O3/c1-15(2)23(7-4-18(11-23)26-20-6-9-30-14-21(20)29-3)22(28)27-8-5-19-16(13-27)10-17(24)12-25-19/h10,12,15,18,20-21,26H,4-9,11,13-14H2,1-3H3/t18-,20?,21?,23+/m1/s1. The topological polar surface area (TPSA) is 63.7 Å². The molecule has 1 N–H and O–H groups in total. The van der Waals surface area contributed by atoms with E-state index < -0.39 is 0 Å². The van der Waals surface area contributed by atoms with Gasteiger partial charge in [0, 0.05) is 61.7 Å². The van der Waals surface area contributed by atoms with E-state index in [1.54, 1.807) is 7.11 Å². The molecule has 1 aliphatic carbocycles. The van der Waals surface area contributed by atoms with E-state index in [0.29, 0.717) is 37.1 Å². The third-order valence-corrected chi connectivity index (χ3v) is 7.86. The smallest absolute Gasteiger partial charge is 0.229 e. The Morgan fingerprint density at radius 1 is 1.43 bits per heavy atom. The molecule has 166 valence electrons. The molecule has 1 aromatic heterocycles. The molecule has 0 bridgehead atoms. The van der Waals surface area contributed by atoms with Crippen molar-refractivity contribution in [1.29, 1.82) is 0 Å². The maximum Gasteiger partial charge on any atom is 0.229 e. The van der Waals surface area contributed by atoms with E-state index in [1.807, 2.05) is 6.20 Å². The summed E-state index contributed by atoms with van der Waals surface area (Å²) in [4.78, 5) is 20.5. The number of halogens is 1. The number of pyridine rings is 1. The summed E-state index contributed by atoms with van der Waals surface area (Å²) in [5.74, 6) is 0.634. The molecule has 7 heteroatoms. The number of hydrogen-bond acceptors (Lipinski definition) is 5. The van der Waals surface area contributed by atoms with Gasteiger partial charge in [0.2, 0.25) is 5.91 Å². The number of carbonyl (C=O) groups excluding carboxylic acids is 1. The van der Waals surface area contributed by atoms with Gasteiger partial charge >= 0.3 is 0 Å². The summed E-state index contributed by atoms with van der Waals surface area (Å²) in [5, 5.41) is 3.82. The highest BCUT2D eigenvalue weighted by atomic mass is 79.9. The second-order valence-corrected chi connectivity index (χ2v) is 10.3. The second kappa shape index (κ2) is 9.23. The van der Waals surface area contributed by atoms with Gasteiger partial charge in [-0.1, -0.05) is 13.8 Å². The van der Waals surface area contributed by atoms with Gasteiger partial charge < -0.3 is 19.7 Å². The molecule has 3 aliphatic rings. The highest BCUT2D eigenvalue weighted by Crippen LogP contribution is 2.46. The first-order valence-electron chi connectivity index (χ1n) is 11.2. The summed E-state index contributed by atoms with van der Waals surface area (Å²) in [5.41, 5.74) is 2.00. The van der Waals surface area contributed by atoms with E-state index in [4.69, 9.17) is 9.47 Å². The highest BCUT2D eigenvalue weighted by Gasteiger charge is 2.50. The molecule has 4 rings (SSSR count). The normalized spacial score (nSPS) is 31.8. The Balaban J connectivity index is 1.46. The van der Waals surface area contributed by atoms with Crippen LogP contribution in [0.15, 0.2) is 16.7 Å². The Bertz CT molecular complexity index is 774. The number of fused-ring (bicyclic) bond motifs is 1. The molecule has 0 aromatic carbocycles. The molecule has 2 aliphatic heterocycles. The fourth-order valence-electron chi connectivity index (χ4n) is 5.51. The van der Waals surface area contributed by atoms with Crippen molar-refractivity contribution in [2.75, 3.05) is 26.9 Å². The van der Waals surface area contributed by atoms with Crippen LogP contribution >= 0.6 is 15.9 Å². The predicted octanol–water partition coefficient (Wildman–Crippen LogP) is 3.32. The Morgan fingerprint density at radius 3 is 3.03 bits per heavy atom. The SMILES string of the molecule is COC1COCCC1N[C@@H]1CC[C@@](C(=O)N2CCc3ncc(Br)cc3C2)(C(C)C)C1. The monoisotopic (exact) mass is 479 g/mol. The molecule has 30 heavy (non-hydrogen) atoms. The van der Waals surface area contributed by atoms with Crippen LogP contribution in [0.25, 0.3) is 0 Å². The first-order valence-corrected chi connectivity index (χ1v) is 12.0. The Hall–Kier alpha value is -1.02. The largest absolute Gasteiger partial charge is 0.379 e. The van der Waals surface area contributed by atoms with Crippen molar-refractivity contribution in [3.63, 3.8) is 0 Å². The van der Waals surface area contributed by atoms with Crippen molar-refractivity contribution in [3.8, 4) is 0 Å². The van der Waals surface area contributed by atoms with Crippen molar-refractivity contribution < 1.29 is 14.3 Å². The Kier molecular flexibility index (Phi) is 6.82. The Morgan fingerprint density at radius 2 is 2.27 bits per heavy atom. The van der Waals surface area contributed by atoms with Crippen LogP contribution in [-0.4, -0.2) is 60.8 Å². The quantitative estimate of drug-likeness (QED) is 0.701. The molecule has 1 saturated heterocycles. The predicted molar refractivity (Wildman–Crippen MR) is 119 cm³/mol. The van der Waals surface area contributed by atoms with E-state index in [1.165, 1.54) is 5.56 Å². The lowest BCUT2D eigenvalue weighted by molar-refractivity contribution is -0.146. The third-order valence-electron chi connectivity index (χ3n) is 7.43. The zero-order valence-electron chi connectivity index (χ0n) is 18.3. The molecule has 4 atom stereocenters. The summed E-state index contributed by atoms with van der Waals surface area (Å²) in [6.07, 6.45) is 6.62. The minimum Gasteiger partial charge on any atom is -0.379 e. The lowest BCUT2D eigenvalue weighted by atomic mass is 9.74. The average Bonchev–Trinajstić information content (AvgIpc) is 3.18. The summed E-state index contributed by atoms with van der Waals surface area (Å²) in [6, 6.07) is 2.76. The lowest BCUT2D eigenvalue weighted by Gasteiger charge is -2.40. The first-order chi connectivity index (χ1) is 14.4. The molecular weight excluding hydrogens is 446 g/mol. The zero-order chi connectivity index (χ0) is 21.3. The van der Waals surface area contributed by atoms with Gasteiger partial charge in [0.15, 0.2) is 0 Å². The number of nitrogens with one attached hydrogen (secondary N) is 1. The minimum atomic E-state index is -0.289. The van der Waals surface area contributed by atoms with Crippen LogP contribution in [-0.2, 0) is 27.2 Å². The molecule has 1 saturated carbocycles. The van der Waals surface area contributed by atoms with E-state index in [2.05, 4.69) is 51.0 Å². The number of ether oxygens (including phenoxy) is 2. The van der Waals surface area contributed by atoms with Crippen molar-refractivity contribution in [2.24, 2.45) is 11.3 Å². The number of amides is 1. The molecule has 1 aromatic rings. The number of methoxy groups -OCH3 is 1. The fraction of sp³-hybridized carbons (Fsp3) is 0.739. The van der Waals surface area contributed by atoms with Gasteiger partial charge in [-0.05, 0) is 59.2 Å². The van der Waals surface area contributed by atoms with Crippen LogP contribution in [0.1, 0.15) is 50.8 Å². The van der Waals surface area contributed by atoms with Crippen molar-refractivity contribution >= 4 is 21.8 Å². The number of aromatic nitrogens is 1. The van der Waals surface area contributed by atoms with Crippen LogP contribution in [0.2, 0.25) is 0 Å². The maximum absolute atomic E-state index is 13.8. The van der Waals surface area contributed by atoms with Crippen molar-refractivity contribution in [3.05, 3.63) is 28.0 Å². The third kappa shape index (κ3) is 4.31. The first kappa shape index (κ1) is 22.2. The van der Waals surface area contributed by atoms with Gasteiger partial charge in [-0.25, -0.2) is 0 Å². The van der Waals surface area contributed by atoms with Crippen LogP contribution in [0.5, 0.6) is 0 Å². The summed E-state index contributed by atoms with van der Waals surface area (Å²) < 4.78 is 12.2. The lowest BCUT2D eigenvalue weighted by Crippen LogP contribution is -2.52. The van der Waals surface area contributed by atoms with Gasteiger partial charge in [-0.2, -0.15) is 0 Å². The number of hydrogen-bond donors (Lipinski definition) is 1. The summed E-state index contributed by atoms with van der Waals surface area (Å²) >= 11 is 3.52. The van der Waals surface area contributed by atoms with Crippen LogP contribution in [0.3, 0.4) is 0 Å². The average molecular weight is 480 g/mol. The van der Waals surface area contributed by atoms with E-state index in [-0.39, 0.29) is 11.5 Å². The molecule has 1 amide bonds. The van der Waals surface area contributed by atoms with Crippen LogP contribution < -0.4 is 5.32 Å². The molecule has 2 unspecified atom stereocenters. The van der Waals surface area contributed by atoms with E-state index in [9.17, 15) is 4.79 Å². The van der Waals surface area contributed by atoms with Crippen LogP contribution in [0.4, 0.5) is 0 Å². The molecule has 0 spiro atoms. The van der Waals surface area contributed by atoms with Gasteiger partial charge in [-0.3, -0.25) is 9.78 Å². The minimum absolute atomic E-state index is 0.0908. The number of rotatable bonds is 5. The van der Waals surface area contributed by atoms with Crippen molar-refractivity contribution in [2.45, 2.75) is 70.7 Å². The number of carbonyl (C=O) groups is 1. The molecular formula is C23H34BrN3O3.